The van der Waals surface area contributed by atoms with Crippen molar-refractivity contribution in [3.05, 3.63) is 71.9 Å². The summed E-state index contributed by atoms with van der Waals surface area (Å²) in [5.74, 6) is -0.200. The Bertz CT molecular complexity index is 1090. The molecule has 28 heavy (non-hydrogen) atoms. The summed E-state index contributed by atoms with van der Waals surface area (Å²) in [7, 11) is 3.41. The number of ether oxygens (including phenoxy) is 1. The lowest BCUT2D eigenvalue weighted by molar-refractivity contribution is -0.121. The van der Waals surface area contributed by atoms with Gasteiger partial charge >= 0.3 is 0 Å². The van der Waals surface area contributed by atoms with Crippen molar-refractivity contribution < 1.29 is 19.4 Å². The van der Waals surface area contributed by atoms with Crippen LogP contribution in [0, 0.1) is 0 Å². The van der Waals surface area contributed by atoms with Crippen LogP contribution >= 0.6 is 0 Å². The van der Waals surface area contributed by atoms with Crippen LogP contribution < -0.4 is 4.74 Å². The summed E-state index contributed by atoms with van der Waals surface area (Å²) in [5.41, 5.74) is 2.71. The van der Waals surface area contributed by atoms with Crippen LogP contribution in [-0.4, -0.2) is 28.3 Å². The van der Waals surface area contributed by atoms with Crippen molar-refractivity contribution >= 4 is 34.6 Å². The minimum absolute atomic E-state index is 0.0275. The third kappa shape index (κ3) is 4.38. The number of aryl methyl sites for hydroxylation is 1. The van der Waals surface area contributed by atoms with E-state index in [1.165, 1.54) is 25.3 Å². The van der Waals surface area contributed by atoms with Crippen LogP contribution in [0.1, 0.15) is 17.5 Å². The first-order valence-corrected chi connectivity index (χ1v) is 8.81. The lowest BCUT2D eigenvalue weighted by Gasteiger charge is -2.03. The molecular weight excluding hydrogens is 354 g/mol. The van der Waals surface area contributed by atoms with Gasteiger partial charge in [0, 0.05) is 29.7 Å². The molecule has 0 aliphatic heterocycles. The van der Waals surface area contributed by atoms with Crippen molar-refractivity contribution in [2.24, 2.45) is 7.05 Å². The van der Waals surface area contributed by atoms with Crippen molar-refractivity contribution in [1.29, 1.82) is 0 Å². The van der Waals surface area contributed by atoms with Crippen LogP contribution in [0.3, 0.4) is 0 Å². The topological polar surface area (TPSA) is 68.5 Å². The second-order valence-electron chi connectivity index (χ2n) is 6.42. The third-order valence-electron chi connectivity index (χ3n) is 4.39. The monoisotopic (exact) mass is 375 g/mol. The van der Waals surface area contributed by atoms with E-state index in [9.17, 15) is 14.7 Å². The Kier molecular flexibility index (Phi) is 5.75. The van der Waals surface area contributed by atoms with Gasteiger partial charge in [-0.05, 0) is 42.0 Å². The molecule has 0 fully saturated rings. The third-order valence-corrected chi connectivity index (χ3v) is 4.39. The average Bonchev–Trinajstić information content (AvgIpc) is 3.02. The molecule has 0 atom stereocenters. The number of benzene rings is 2. The number of allylic oxidation sites excluding steroid dienone is 2. The van der Waals surface area contributed by atoms with Gasteiger partial charge in [-0.1, -0.05) is 30.3 Å². The number of nitrogens with zero attached hydrogens (tertiary/aromatic N) is 1. The zero-order chi connectivity index (χ0) is 20.1. The highest BCUT2D eigenvalue weighted by molar-refractivity contribution is 6.11. The fourth-order valence-corrected chi connectivity index (χ4v) is 2.97. The van der Waals surface area contributed by atoms with Crippen LogP contribution in [0.15, 0.2) is 60.8 Å². The lowest BCUT2D eigenvalue weighted by Crippen LogP contribution is -2.01. The first kappa shape index (κ1) is 19.2. The highest BCUT2D eigenvalue weighted by Gasteiger charge is 2.07. The molecule has 1 heterocycles. The first-order chi connectivity index (χ1) is 13.5. The zero-order valence-corrected chi connectivity index (χ0v) is 15.8. The van der Waals surface area contributed by atoms with E-state index >= 15 is 0 Å². The van der Waals surface area contributed by atoms with Gasteiger partial charge in [0.15, 0.2) is 23.1 Å². The lowest BCUT2D eigenvalue weighted by atomic mass is 10.1. The number of aromatic hydroxyl groups is 1. The van der Waals surface area contributed by atoms with Crippen LogP contribution in [0.25, 0.3) is 23.1 Å². The molecule has 0 radical (unpaired) electrons. The minimum Gasteiger partial charge on any atom is -0.504 e. The van der Waals surface area contributed by atoms with E-state index in [1.54, 1.807) is 24.3 Å². The average molecular weight is 375 g/mol. The number of carbonyl (C=O) groups excluding carboxylic acids is 2. The van der Waals surface area contributed by atoms with Gasteiger partial charge in [-0.3, -0.25) is 9.59 Å². The van der Waals surface area contributed by atoms with Crippen molar-refractivity contribution in [1.82, 2.24) is 4.57 Å². The van der Waals surface area contributed by atoms with E-state index < -0.39 is 0 Å². The molecule has 3 aromatic rings. The summed E-state index contributed by atoms with van der Waals surface area (Å²) in [6, 6.07) is 12.7. The molecule has 142 valence electrons. The largest absolute Gasteiger partial charge is 0.504 e. The molecule has 1 aromatic heterocycles. The van der Waals surface area contributed by atoms with E-state index in [1.807, 2.05) is 42.1 Å². The van der Waals surface area contributed by atoms with Crippen molar-refractivity contribution in [3.8, 4) is 11.5 Å². The number of rotatable bonds is 7. The quantitative estimate of drug-likeness (QED) is 0.498. The number of fused-ring (bicyclic) bond motifs is 1. The molecule has 0 saturated heterocycles. The molecular formula is C23H21NO4. The van der Waals surface area contributed by atoms with Gasteiger partial charge in [0.25, 0.3) is 0 Å². The van der Waals surface area contributed by atoms with Crippen LogP contribution in [0.5, 0.6) is 11.5 Å². The van der Waals surface area contributed by atoms with Crippen LogP contribution in [-0.2, 0) is 16.6 Å². The number of ketones is 2. The molecule has 0 aliphatic rings. The van der Waals surface area contributed by atoms with E-state index in [4.69, 9.17) is 4.74 Å². The standard InChI is InChI=1S/C23H21NO4/c1-24-15-17(20-5-3-4-6-21(20)24)9-11-19(26)14-18(25)10-7-16-8-12-22(27)23(13-16)28-2/h3-13,15,27H,14H2,1-2H3. The molecule has 0 bridgehead atoms. The predicted octanol–water partition coefficient (Wildman–Crippen LogP) is 4.15. The number of aromatic nitrogens is 1. The molecule has 0 unspecified atom stereocenters. The maximum atomic E-state index is 12.1. The van der Waals surface area contributed by atoms with Crippen molar-refractivity contribution in [2.75, 3.05) is 7.11 Å². The number of hydrogen-bond donors (Lipinski definition) is 1. The Hall–Kier alpha value is -3.60. The summed E-state index contributed by atoms with van der Waals surface area (Å²) in [6.45, 7) is 0. The van der Waals surface area contributed by atoms with Gasteiger partial charge in [0.2, 0.25) is 0 Å². The van der Waals surface area contributed by atoms with E-state index in [2.05, 4.69) is 0 Å². The SMILES string of the molecule is COc1cc(C=CC(=O)CC(=O)C=Cc2cn(C)c3ccccc23)ccc1O. The van der Waals surface area contributed by atoms with Crippen LogP contribution in [0.4, 0.5) is 0 Å². The number of phenols is 1. The molecule has 0 amide bonds. The second-order valence-corrected chi connectivity index (χ2v) is 6.42. The van der Waals surface area contributed by atoms with Gasteiger partial charge in [-0.15, -0.1) is 0 Å². The molecule has 5 nitrogen and oxygen atoms in total. The van der Waals surface area contributed by atoms with Gasteiger partial charge in [-0.2, -0.15) is 0 Å². The van der Waals surface area contributed by atoms with Gasteiger partial charge in [-0.25, -0.2) is 0 Å². The summed E-state index contributed by atoms with van der Waals surface area (Å²) in [6.07, 6.45) is 7.88. The Morgan fingerprint density at radius 2 is 1.79 bits per heavy atom. The number of methoxy groups -OCH3 is 1. The maximum absolute atomic E-state index is 12.1. The first-order valence-electron chi connectivity index (χ1n) is 8.81. The smallest absolute Gasteiger partial charge is 0.163 e. The van der Waals surface area contributed by atoms with E-state index in [0.717, 1.165) is 16.5 Å². The Morgan fingerprint density at radius 1 is 1.07 bits per heavy atom. The minimum atomic E-state index is -0.292. The number of para-hydroxylation sites is 1. The molecule has 0 aliphatic carbocycles. The van der Waals surface area contributed by atoms with Crippen molar-refractivity contribution in [2.45, 2.75) is 6.42 Å². The molecule has 2 aromatic carbocycles. The van der Waals surface area contributed by atoms with Gasteiger partial charge < -0.3 is 14.4 Å². The highest BCUT2D eigenvalue weighted by atomic mass is 16.5. The predicted molar refractivity (Wildman–Crippen MR) is 110 cm³/mol. The van der Waals surface area contributed by atoms with Crippen LogP contribution in [0.2, 0.25) is 0 Å². The van der Waals surface area contributed by atoms with Gasteiger partial charge in [0.05, 0.1) is 13.5 Å². The molecule has 0 spiro atoms. The molecule has 1 N–H and O–H groups in total. The number of phenolic OH excluding ortho intramolecular Hbond substituents is 1. The molecule has 5 heteroatoms. The fraction of sp³-hybridized carbons (Fsp3) is 0.130. The highest BCUT2D eigenvalue weighted by Crippen LogP contribution is 2.26. The van der Waals surface area contributed by atoms with Crippen molar-refractivity contribution in [3.63, 3.8) is 0 Å². The Labute approximate surface area is 163 Å². The van der Waals surface area contributed by atoms with Gasteiger partial charge in [0.1, 0.15) is 0 Å². The summed E-state index contributed by atoms with van der Waals surface area (Å²) < 4.78 is 7.03. The summed E-state index contributed by atoms with van der Waals surface area (Å²) in [5, 5.41) is 10.6. The number of carbonyl (C=O) groups is 2. The second kappa shape index (κ2) is 8.39. The molecule has 0 saturated carbocycles. The Balaban J connectivity index is 1.64. The fourth-order valence-electron chi connectivity index (χ4n) is 2.97. The normalized spacial score (nSPS) is 11.5. The van der Waals surface area contributed by atoms with E-state index in [0.29, 0.717) is 11.3 Å². The Morgan fingerprint density at radius 3 is 2.54 bits per heavy atom. The zero-order valence-electron chi connectivity index (χ0n) is 15.8. The number of hydrogen-bond acceptors (Lipinski definition) is 4. The molecule has 3 rings (SSSR count). The summed E-state index contributed by atoms with van der Waals surface area (Å²) in [4.78, 5) is 24.2. The summed E-state index contributed by atoms with van der Waals surface area (Å²) >= 11 is 0. The van der Waals surface area contributed by atoms with E-state index in [-0.39, 0.29) is 23.7 Å². The maximum Gasteiger partial charge on any atom is 0.163 e.